The van der Waals surface area contributed by atoms with E-state index in [1.54, 1.807) is 0 Å². The molecule has 0 saturated carbocycles. The van der Waals surface area contributed by atoms with Gasteiger partial charge in [0.25, 0.3) is 0 Å². The summed E-state index contributed by atoms with van der Waals surface area (Å²) >= 11 is 0. The highest BCUT2D eigenvalue weighted by atomic mass is 15.2. The molecule has 2 atom stereocenters. The Morgan fingerprint density at radius 1 is 1.22 bits per heavy atom. The van der Waals surface area contributed by atoms with E-state index in [1.807, 2.05) is 0 Å². The average Bonchev–Trinajstić information content (AvgIpc) is 2.78. The molecule has 2 nitrogen and oxygen atoms in total. The predicted octanol–water partition coefficient (Wildman–Crippen LogP) is 3.13. The molecule has 2 heteroatoms. The Hall–Kier alpha value is -0.860. The maximum absolute atomic E-state index is 3.78. The Kier molecular flexibility index (Phi) is 4.41. The van der Waals surface area contributed by atoms with Crippen LogP contribution in [0.1, 0.15) is 44.4 Å². The van der Waals surface area contributed by atoms with Crippen LogP contribution in [-0.2, 0) is 0 Å². The largest absolute Gasteiger partial charge is 0.306 e. The molecule has 1 N–H and O–H groups in total. The molecule has 0 spiro atoms. The second-order valence-electron chi connectivity index (χ2n) is 5.82. The van der Waals surface area contributed by atoms with Crippen molar-refractivity contribution < 1.29 is 0 Å². The predicted molar refractivity (Wildman–Crippen MR) is 77.8 cm³/mol. The van der Waals surface area contributed by atoms with E-state index in [-0.39, 0.29) is 0 Å². The summed E-state index contributed by atoms with van der Waals surface area (Å²) in [5.41, 5.74) is 2.82. The van der Waals surface area contributed by atoms with E-state index in [9.17, 15) is 0 Å². The number of hydrogen-bond acceptors (Lipinski definition) is 2. The first-order valence-corrected chi connectivity index (χ1v) is 7.13. The van der Waals surface area contributed by atoms with Crippen LogP contribution in [0.15, 0.2) is 24.3 Å². The minimum atomic E-state index is 0.448. The van der Waals surface area contributed by atoms with Crippen LogP contribution in [0.5, 0.6) is 0 Å². The molecular weight excluding hydrogens is 220 g/mol. The van der Waals surface area contributed by atoms with Crippen molar-refractivity contribution in [3.63, 3.8) is 0 Å². The maximum atomic E-state index is 3.78. The monoisotopic (exact) mass is 246 g/mol. The first kappa shape index (κ1) is 13.6. The van der Waals surface area contributed by atoms with Gasteiger partial charge in [-0.05, 0) is 51.8 Å². The Morgan fingerprint density at radius 3 is 2.56 bits per heavy atom. The van der Waals surface area contributed by atoms with Gasteiger partial charge >= 0.3 is 0 Å². The van der Waals surface area contributed by atoms with Crippen LogP contribution < -0.4 is 5.32 Å². The molecule has 0 aromatic heterocycles. The van der Waals surface area contributed by atoms with E-state index in [4.69, 9.17) is 0 Å². The number of aryl methyl sites for hydroxylation is 1. The highest BCUT2D eigenvalue weighted by Crippen LogP contribution is 2.20. The van der Waals surface area contributed by atoms with Crippen molar-refractivity contribution in [1.82, 2.24) is 10.2 Å². The summed E-state index contributed by atoms with van der Waals surface area (Å²) in [5.74, 6) is 0. The third-order valence-corrected chi connectivity index (χ3v) is 4.09. The van der Waals surface area contributed by atoms with Gasteiger partial charge in [-0.3, -0.25) is 4.90 Å². The van der Waals surface area contributed by atoms with Crippen LogP contribution >= 0.6 is 0 Å². The molecule has 1 saturated heterocycles. The van der Waals surface area contributed by atoms with Crippen molar-refractivity contribution in [3.05, 3.63) is 35.4 Å². The van der Waals surface area contributed by atoms with Gasteiger partial charge in [-0.15, -0.1) is 0 Å². The van der Waals surface area contributed by atoms with E-state index >= 15 is 0 Å². The van der Waals surface area contributed by atoms with Crippen LogP contribution in [-0.4, -0.2) is 30.1 Å². The molecule has 1 aromatic rings. The molecule has 100 valence electrons. The van der Waals surface area contributed by atoms with Gasteiger partial charge in [0.15, 0.2) is 0 Å². The lowest BCUT2D eigenvalue weighted by molar-refractivity contribution is 0.266. The Labute approximate surface area is 111 Å². The molecule has 1 unspecified atom stereocenters. The van der Waals surface area contributed by atoms with E-state index in [0.717, 1.165) is 0 Å². The average molecular weight is 246 g/mol. The van der Waals surface area contributed by atoms with E-state index in [1.165, 1.54) is 30.6 Å². The molecule has 0 amide bonds. The van der Waals surface area contributed by atoms with Crippen molar-refractivity contribution >= 4 is 0 Å². The molecular formula is C16H26N2. The summed E-state index contributed by atoms with van der Waals surface area (Å²) in [6, 6.07) is 10.4. The second-order valence-corrected chi connectivity index (χ2v) is 5.82. The number of benzene rings is 1. The molecule has 2 rings (SSSR count). The molecule has 0 bridgehead atoms. The number of hydrogen-bond donors (Lipinski definition) is 1. The van der Waals surface area contributed by atoms with Gasteiger partial charge in [-0.2, -0.15) is 0 Å². The Bertz CT molecular complexity index is 386. The molecule has 1 heterocycles. The Morgan fingerprint density at radius 2 is 1.94 bits per heavy atom. The van der Waals surface area contributed by atoms with E-state index < -0.39 is 0 Å². The zero-order valence-corrected chi connectivity index (χ0v) is 12.1. The van der Waals surface area contributed by atoms with Crippen LogP contribution in [0.4, 0.5) is 0 Å². The van der Waals surface area contributed by atoms with Crippen LogP contribution in [0, 0.1) is 6.92 Å². The van der Waals surface area contributed by atoms with Crippen molar-refractivity contribution in [3.8, 4) is 0 Å². The summed E-state index contributed by atoms with van der Waals surface area (Å²) in [6.07, 6.45) is 1.27. The number of nitrogens with zero attached hydrogens (tertiary/aromatic N) is 1. The standard InChI is InChI=1S/C16H26N2/c1-12(2)18-10-9-15(11-18)17-14(4)16-8-6-5-7-13(16)3/h5-8,12,14-15,17H,9-11H2,1-4H3/t14-,15?/m0/s1. The Balaban J connectivity index is 1.93. The van der Waals surface area contributed by atoms with Crippen molar-refractivity contribution in [1.29, 1.82) is 0 Å². The smallest absolute Gasteiger partial charge is 0.0297 e. The van der Waals surface area contributed by atoms with Crippen molar-refractivity contribution in [2.24, 2.45) is 0 Å². The van der Waals surface area contributed by atoms with Gasteiger partial charge < -0.3 is 5.32 Å². The van der Waals surface area contributed by atoms with Gasteiger partial charge in [0.1, 0.15) is 0 Å². The van der Waals surface area contributed by atoms with Gasteiger partial charge in [-0.1, -0.05) is 24.3 Å². The van der Waals surface area contributed by atoms with Gasteiger partial charge in [-0.25, -0.2) is 0 Å². The minimum Gasteiger partial charge on any atom is -0.306 e. The molecule has 1 aliphatic rings. The first-order valence-electron chi connectivity index (χ1n) is 7.13. The fourth-order valence-electron chi connectivity index (χ4n) is 2.91. The zero-order valence-electron chi connectivity index (χ0n) is 12.1. The van der Waals surface area contributed by atoms with E-state index in [0.29, 0.717) is 18.1 Å². The minimum absolute atomic E-state index is 0.448. The lowest BCUT2D eigenvalue weighted by Crippen LogP contribution is -2.36. The molecule has 18 heavy (non-hydrogen) atoms. The lowest BCUT2D eigenvalue weighted by atomic mass is 10.0. The molecule has 0 aliphatic carbocycles. The number of likely N-dealkylation sites (tertiary alicyclic amines) is 1. The number of rotatable bonds is 4. The highest BCUT2D eigenvalue weighted by Gasteiger charge is 2.25. The van der Waals surface area contributed by atoms with Crippen LogP contribution in [0.25, 0.3) is 0 Å². The van der Waals surface area contributed by atoms with E-state index in [2.05, 4.69) is 62.2 Å². The summed E-state index contributed by atoms with van der Waals surface area (Å²) in [6.45, 7) is 11.5. The van der Waals surface area contributed by atoms with Crippen LogP contribution in [0.2, 0.25) is 0 Å². The normalized spacial score (nSPS) is 22.6. The summed E-state index contributed by atoms with van der Waals surface area (Å²) in [4.78, 5) is 2.56. The fourth-order valence-corrected chi connectivity index (χ4v) is 2.91. The lowest BCUT2D eigenvalue weighted by Gasteiger charge is -2.23. The SMILES string of the molecule is Cc1ccccc1[C@H](C)NC1CCN(C(C)C)C1. The maximum Gasteiger partial charge on any atom is 0.0297 e. The third-order valence-electron chi connectivity index (χ3n) is 4.09. The first-order chi connectivity index (χ1) is 8.58. The highest BCUT2D eigenvalue weighted by molar-refractivity contribution is 5.28. The van der Waals surface area contributed by atoms with Gasteiger partial charge in [0.2, 0.25) is 0 Å². The summed E-state index contributed by atoms with van der Waals surface area (Å²) in [5, 5.41) is 3.78. The topological polar surface area (TPSA) is 15.3 Å². The van der Waals surface area contributed by atoms with Crippen molar-refractivity contribution in [2.75, 3.05) is 13.1 Å². The van der Waals surface area contributed by atoms with Crippen LogP contribution in [0.3, 0.4) is 0 Å². The number of nitrogens with one attached hydrogen (secondary N) is 1. The molecule has 1 aliphatic heterocycles. The fraction of sp³-hybridized carbons (Fsp3) is 0.625. The molecule has 1 aromatic carbocycles. The molecule has 1 fully saturated rings. The second kappa shape index (κ2) is 5.85. The van der Waals surface area contributed by atoms with Crippen molar-refractivity contribution in [2.45, 2.75) is 52.2 Å². The van der Waals surface area contributed by atoms with Gasteiger partial charge in [0, 0.05) is 24.7 Å². The quantitative estimate of drug-likeness (QED) is 0.878. The zero-order chi connectivity index (χ0) is 13.1. The van der Waals surface area contributed by atoms with Gasteiger partial charge in [0.05, 0.1) is 0 Å². The third kappa shape index (κ3) is 3.12. The summed E-state index contributed by atoms with van der Waals surface area (Å²) in [7, 11) is 0. The summed E-state index contributed by atoms with van der Waals surface area (Å²) < 4.78 is 0. The molecule has 0 radical (unpaired) electrons.